The zero-order valence-electron chi connectivity index (χ0n) is 6.86. The van der Waals surface area contributed by atoms with Crippen LogP contribution in [0.5, 0.6) is 0 Å². The van der Waals surface area contributed by atoms with Gasteiger partial charge in [0.05, 0.1) is 0 Å². The van der Waals surface area contributed by atoms with Gasteiger partial charge in [0, 0.05) is 18.6 Å². The van der Waals surface area contributed by atoms with E-state index < -0.39 is 12.0 Å². The maximum absolute atomic E-state index is 10.4. The highest BCUT2D eigenvalue weighted by atomic mass is 16.3. The fourth-order valence-electron chi connectivity index (χ4n) is 1.21. The lowest BCUT2D eigenvalue weighted by atomic mass is 9.87. The molecular formula is C7H15N3O2. The highest BCUT2D eigenvalue weighted by molar-refractivity contribution is 5.78. The van der Waals surface area contributed by atoms with Crippen LogP contribution in [0.1, 0.15) is 12.8 Å². The molecule has 0 aliphatic heterocycles. The van der Waals surface area contributed by atoms with Crippen LogP contribution < -0.4 is 16.8 Å². The van der Waals surface area contributed by atoms with Crippen LogP contribution in [0.2, 0.25) is 0 Å². The standard InChI is InChI=1S/C7H15N3O2/c8-4-1-5(2-4)10-3-6(11)7(9)12/h4-6,10-11H,1-3,8H2,(H2,9,12). The second-order valence-electron chi connectivity index (χ2n) is 3.25. The molecule has 1 rings (SSSR count). The Morgan fingerprint density at radius 3 is 2.67 bits per heavy atom. The Balaban J connectivity index is 2.06. The van der Waals surface area contributed by atoms with Crippen LogP contribution >= 0.6 is 0 Å². The van der Waals surface area contributed by atoms with E-state index in [2.05, 4.69) is 5.32 Å². The zero-order chi connectivity index (χ0) is 9.14. The summed E-state index contributed by atoms with van der Waals surface area (Å²) in [7, 11) is 0. The van der Waals surface area contributed by atoms with Gasteiger partial charge in [-0.1, -0.05) is 0 Å². The van der Waals surface area contributed by atoms with Crippen molar-refractivity contribution < 1.29 is 9.90 Å². The first-order valence-electron chi connectivity index (χ1n) is 4.06. The van der Waals surface area contributed by atoms with Gasteiger partial charge in [-0.2, -0.15) is 0 Å². The van der Waals surface area contributed by atoms with E-state index in [0.717, 1.165) is 12.8 Å². The SMILES string of the molecule is NC(=O)C(O)CNC1CC(N)C1. The van der Waals surface area contributed by atoms with Crippen molar-refractivity contribution in [1.82, 2.24) is 5.32 Å². The molecule has 0 heterocycles. The lowest BCUT2D eigenvalue weighted by Gasteiger charge is -2.33. The van der Waals surface area contributed by atoms with Gasteiger partial charge in [-0.3, -0.25) is 4.79 Å². The quantitative estimate of drug-likeness (QED) is 0.391. The number of aliphatic hydroxyl groups excluding tert-OH is 1. The molecule has 0 aromatic heterocycles. The molecule has 12 heavy (non-hydrogen) atoms. The van der Waals surface area contributed by atoms with E-state index in [0.29, 0.717) is 6.04 Å². The van der Waals surface area contributed by atoms with E-state index in [1.807, 2.05) is 0 Å². The molecule has 0 bridgehead atoms. The highest BCUT2D eigenvalue weighted by Crippen LogP contribution is 2.16. The summed E-state index contributed by atoms with van der Waals surface area (Å²) >= 11 is 0. The predicted molar refractivity (Wildman–Crippen MR) is 44.2 cm³/mol. The molecule has 1 atom stereocenters. The van der Waals surface area contributed by atoms with Crippen molar-refractivity contribution in [2.45, 2.75) is 31.0 Å². The first kappa shape index (κ1) is 9.44. The fraction of sp³-hybridized carbons (Fsp3) is 0.857. The molecule has 0 spiro atoms. The summed E-state index contributed by atoms with van der Waals surface area (Å²) in [5.74, 6) is -0.689. The first-order valence-corrected chi connectivity index (χ1v) is 4.06. The summed E-state index contributed by atoms with van der Waals surface area (Å²) in [4.78, 5) is 10.4. The number of hydrogen-bond acceptors (Lipinski definition) is 4. The van der Waals surface area contributed by atoms with E-state index in [9.17, 15) is 4.79 Å². The minimum absolute atomic E-state index is 0.229. The normalized spacial score (nSPS) is 30.8. The molecule has 0 aromatic rings. The van der Waals surface area contributed by atoms with Crippen LogP contribution in [0.3, 0.4) is 0 Å². The number of primary amides is 1. The molecule has 1 amide bonds. The lowest BCUT2D eigenvalue weighted by Crippen LogP contribution is -2.51. The Morgan fingerprint density at radius 2 is 2.25 bits per heavy atom. The molecule has 1 saturated carbocycles. The van der Waals surface area contributed by atoms with Gasteiger partial charge in [-0.25, -0.2) is 0 Å². The van der Waals surface area contributed by atoms with Crippen molar-refractivity contribution in [3.05, 3.63) is 0 Å². The van der Waals surface area contributed by atoms with E-state index in [1.165, 1.54) is 0 Å². The highest BCUT2D eigenvalue weighted by Gasteiger charge is 2.26. The Kier molecular flexibility index (Phi) is 3.02. The van der Waals surface area contributed by atoms with Crippen LogP contribution in [0, 0.1) is 0 Å². The lowest BCUT2D eigenvalue weighted by molar-refractivity contribution is -0.125. The van der Waals surface area contributed by atoms with Crippen molar-refractivity contribution in [3.8, 4) is 0 Å². The van der Waals surface area contributed by atoms with Gasteiger partial charge in [0.2, 0.25) is 5.91 Å². The van der Waals surface area contributed by atoms with Gasteiger partial charge in [-0.05, 0) is 12.8 Å². The van der Waals surface area contributed by atoms with Crippen molar-refractivity contribution >= 4 is 5.91 Å². The predicted octanol–water partition coefficient (Wildman–Crippen LogP) is -2.09. The molecular weight excluding hydrogens is 158 g/mol. The number of hydrogen-bond donors (Lipinski definition) is 4. The number of aliphatic hydroxyl groups is 1. The number of rotatable bonds is 4. The summed E-state index contributed by atoms with van der Waals surface area (Å²) in [6, 6.07) is 0.613. The largest absolute Gasteiger partial charge is 0.382 e. The molecule has 0 aromatic carbocycles. The number of amides is 1. The van der Waals surface area contributed by atoms with Crippen LogP contribution in [0.4, 0.5) is 0 Å². The molecule has 5 nitrogen and oxygen atoms in total. The van der Waals surface area contributed by atoms with Crippen molar-refractivity contribution in [2.75, 3.05) is 6.54 Å². The second-order valence-corrected chi connectivity index (χ2v) is 3.25. The second kappa shape index (κ2) is 3.84. The summed E-state index contributed by atoms with van der Waals surface area (Å²) in [6.45, 7) is 0.229. The maximum atomic E-state index is 10.4. The van der Waals surface area contributed by atoms with E-state index in [1.54, 1.807) is 0 Å². The molecule has 6 N–H and O–H groups in total. The van der Waals surface area contributed by atoms with Crippen molar-refractivity contribution in [3.63, 3.8) is 0 Å². The summed E-state index contributed by atoms with van der Waals surface area (Å²) < 4.78 is 0. The van der Waals surface area contributed by atoms with Crippen molar-refractivity contribution in [1.29, 1.82) is 0 Å². The first-order chi connectivity index (χ1) is 5.59. The number of carbonyl (C=O) groups is 1. The van der Waals surface area contributed by atoms with Gasteiger partial charge in [-0.15, -0.1) is 0 Å². The maximum Gasteiger partial charge on any atom is 0.247 e. The summed E-state index contributed by atoms with van der Waals surface area (Å²) in [5, 5.41) is 12.0. The van der Waals surface area contributed by atoms with Crippen LogP contribution in [0.25, 0.3) is 0 Å². The summed E-state index contributed by atoms with van der Waals surface area (Å²) in [6.07, 6.45) is 0.735. The number of nitrogens with two attached hydrogens (primary N) is 2. The molecule has 1 fully saturated rings. The molecule has 1 aliphatic rings. The monoisotopic (exact) mass is 173 g/mol. The van der Waals surface area contributed by atoms with Gasteiger partial charge >= 0.3 is 0 Å². The molecule has 5 heteroatoms. The number of nitrogens with one attached hydrogen (secondary N) is 1. The fourth-order valence-corrected chi connectivity index (χ4v) is 1.21. The van der Waals surface area contributed by atoms with E-state index in [-0.39, 0.29) is 12.6 Å². The Hall–Kier alpha value is -0.650. The van der Waals surface area contributed by atoms with Crippen LogP contribution in [-0.2, 0) is 4.79 Å². The Labute approximate surface area is 71.1 Å². The third-order valence-electron chi connectivity index (χ3n) is 2.10. The van der Waals surface area contributed by atoms with Crippen LogP contribution in [0.15, 0.2) is 0 Å². The van der Waals surface area contributed by atoms with E-state index in [4.69, 9.17) is 16.6 Å². The Morgan fingerprint density at radius 1 is 1.67 bits per heavy atom. The molecule has 1 unspecified atom stereocenters. The van der Waals surface area contributed by atoms with Crippen molar-refractivity contribution in [2.24, 2.45) is 11.5 Å². The third kappa shape index (κ3) is 2.44. The van der Waals surface area contributed by atoms with E-state index >= 15 is 0 Å². The smallest absolute Gasteiger partial charge is 0.247 e. The third-order valence-corrected chi connectivity index (χ3v) is 2.10. The minimum Gasteiger partial charge on any atom is -0.382 e. The van der Waals surface area contributed by atoms with Gasteiger partial charge in [0.1, 0.15) is 6.10 Å². The van der Waals surface area contributed by atoms with Gasteiger partial charge in [0.15, 0.2) is 0 Å². The molecule has 0 radical (unpaired) electrons. The average molecular weight is 173 g/mol. The molecule has 70 valence electrons. The zero-order valence-corrected chi connectivity index (χ0v) is 6.86. The number of carbonyl (C=O) groups excluding carboxylic acids is 1. The van der Waals surface area contributed by atoms with Gasteiger partial charge < -0.3 is 21.9 Å². The Bertz CT molecular complexity index is 168. The molecule has 0 saturated heterocycles. The molecule has 1 aliphatic carbocycles. The van der Waals surface area contributed by atoms with Crippen LogP contribution in [-0.4, -0.2) is 35.7 Å². The van der Waals surface area contributed by atoms with Gasteiger partial charge in [0.25, 0.3) is 0 Å². The summed E-state index contributed by atoms with van der Waals surface area (Å²) in [5.41, 5.74) is 10.4. The topological polar surface area (TPSA) is 101 Å². The average Bonchev–Trinajstić information content (AvgIpc) is 1.95. The minimum atomic E-state index is -1.08.